The molecular weight excluding hydrogens is 222 g/mol. The van der Waals surface area contributed by atoms with Crippen molar-refractivity contribution in [3.05, 3.63) is 35.4 Å². The summed E-state index contributed by atoms with van der Waals surface area (Å²) in [6.07, 6.45) is 3.77. The Kier molecular flexibility index (Phi) is 4.62. The second-order valence-electron chi connectivity index (χ2n) is 5.06. The average molecular weight is 245 g/mol. The highest BCUT2D eigenvalue weighted by atomic mass is 15.2. The van der Waals surface area contributed by atoms with Crippen LogP contribution < -0.4 is 10.6 Å². The van der Waals surface area contributed by atoms with Gasteiger partial charge in [-0.2, -0.15) is 0 Å². The van der Waals surface area contributed by atoms with Crippen molar-refractivity contribution in [3.8, 4) is 0 Å². The number of benzene rings is 1. The number of guanidine groups is 1. The summed E-state index contributed by atoms with van der Waals surface area (Å²) in [5.41, 5.74) is 2.68. The van der Waals surface area contributed by atoms with E-state index in [0.29, 0.717) is 0 Å². The third kappa shape index (κ3) is 4.40. The Morgan fingerprint density at radius 2 is 1.94 bits per heavy atom. The van der Waals surface area contributed by atoms with Crippen LogP contribution in [0.25, 0.3) is 0 Å². The highest BCUT2D eigenvalue weighted by Gasteiger charge is 2.20. The van der Waals surface area contributed by atoms with Gasteiger partial charge in [0.25, 0.3) is 0 Å². The number of rotatable bonds is 5. The van der Waals surface area contributed by atoms with E-state index < -0.39 is 0 Å². The molecule has 2 rings (SSSR count). The van der Waals surface area contributed by atoms with E-state index in [9.17, 15) is 0 Å². The van der Waals surface area contributed by atoms with Crippen LogP contribution in [0.4, 0.5) is 0 Å². The summed E-state index contributed by atoms with van der Waals surface area (Å²) in [5.74, 6) is 1.80. The lowest BCUT2D eigenvalue weighted by Gasteiger charge is -2.11. The maximum Gasteiger partial charge on any atom is 0.190 e. The van der Waals surface area contributed by atoms with Crippen molar-refractivity contribution in [2.75, 3.05) is 20.1 Å². The minimum atomic E-state index is 0.876. The Balaban J connectivity index is 1.67. The Labute approximate surface area is 110 Å². The Hall–Kier alpha value is -1.51. The minimum absolute atomic E-state index is 0.876. The van der Waals surface area contributed by atoms with Crippen molar-refractivity contribution >= 4 is 5.96 Å². The van der Waals surface area contributed by atoms with Gasteiger partial charge in [0, 0.05) is 20.1 Å². The standard InChI is InChI=1S/C15H23N3/c1-12-3-5-13(6-4-12)9-10-17-15(16-2)18-11-14-7-8-14/h3-6,14H,7-11H2,1-2H3,(H2,16,17,18). The number of nitrogens with zero attached hydrogens (tertiary/aromatic N) is 1. The molecule has 0 aliphatic heterocycles. The molecule has 0 spiro atoms. The largest absolute Gasteiger partial charge is 0.356 e. The van der Waals surface area contributed by atoms with Gasteiger partial charge in [0.15, 0.2) is 5.96 Å². The fraction of sp³-hybridized carbons (Fsp3) is 0.533. The molecule has 1 fully saturated rings. The predicted molar refractivity (Wildman–Crippen MR) is 77.0 cm³/mol. The zero-order valence-electron chi connectivity index (χ0n) is 11.4. The van der Waals surface area contributed by atoms with Crippen LogP contribution in [0.1, 0.15) is 24.0 Å². The quantitative estimate of drug-likeness (QED) is 0.616. The third-order valence-corrected chi connectivity index (χ3v) is 3.31. The van der Waals surface area contributed by atoms with Gasteiger partial charge in [0.2, 0.25) is 0 Å². The number of hydrogen-bond acceptors (Lipinski definition) is 1. The van der Waals surface area contributed by atoms with E-state index in [0.717, 1.165) is 31.4 Å². The number of aliphatic imine (C=N–C) groups is 1. The molecular formula is C15H23N3. The molecule has 2 N–H and O–H groups in total. The van der Waals surface area contributed by atoms with Crippen molar-refractivity contribution in [2.45, 2.75) is 26.2 Å². The van der Waals surface area contributed by atoms with Crippen LogP contribution in [0.3, 0.4) is 0 Å². The van der Waals surface area contributed by atoms with Crippen LogP contribution in [0.5, 0.6) is 0 Å². The lowest BCUT2D eigenvalue weighted by Crippen LogP contribution is -2.39. The summed E-state index contributed by atoms with van der Waals surface area (Å²) in [6, 6.07) is 8.71. The summed E-state index contributed by atoms with van der Waals surface area (Å²) in [5, 5.41) is 6.72. The molecule has 98 valence electrons. The van der Waals surface area contributed by atoms with Crippen molar-refractivity contribution in [1.29, 1.82) is 0 Å². The second kappa shape index (κ2) is 6.43. The zero-order chi connectivity index (χ0) is 12.8. The number of nitrogens with one attached hydrogen (secondary N) is 2. The maximum absolute atomic E-state index is 4.23. The molecule has 1 aromatic carbocycles. The monoisotopic (exact) mass is 245 g/mol. The van der Waals surface area contributed by atoms with Gasteiger partial charge in [-0.25, -0.2) is 0 Å². The molecule has 3 nitrogen and oxygen atoms in total. The van der Waals surface area contributed by atoms with Crippen LogP contribution in [-0.2, 0) is 6.42 Å². The molecule has 0 radical (unpaired) electrons. The van der Waals surface area contributed by atoms with E-state index in [1.165, 1.54) is 24.0 Å². The van der Waals surface area contributed by atoms with Gasteiger partial charge in [-0.15, -0.1) is 0 Å². The SMILES string of the molecule is CN=C(NCCc1ccc(C)cc1)NCC1CC1. The van der Waals surface area contributed by atoms with Crippen LogP contribution in [0, 0.1) is 12.8 Å². The van der Waals surface area contributed by atoms with Gasteiger partial charge in [-0.05, 0) is 37.7 Å². The molecule has 1 aromatic rings. The molecule has 1 aliphatic rings. The van der Waals surface area contributed by atoms with Crippen LogP contribution in [-0.4, -0.2) is 26.1 Å². The second-order valence-corrected chi connectivity index (χ2v) is 5.06. The molecule has 0 bridgehead atoms. The van der Waals surface area contributed by atoms with E-state index in [1.54, 1.807) is 0 Å². The molecule has 1 saturated carbocycles. The molecule has 0 aromatic heterocycles. The van der Waals surface area contributed by atoms with Crippen LogP contribution in [0.2, 0.25) is 0 Å². The van der Waals surface area contributed by atoms with Crippen LogP contribution in [0.15, 0.2) is 29.3 Å². The molecule has 1 aliphatic carbocycles. The molecule has 0 unspecified atom stereocenters. The van der Waals surface area contributed by atoms with Crippen molar-refractivity contribution < 1.29 is 0 Å². The fourth-order valence-corrected chi connectivity index (χ4v) is 1.86. The zero-order valence-corrected chi connectivity index (χ0v) is 11.4. The molecule has 18 heavy (non-hydrogen) atoms. The Morgan fingerprint density at radius 1 is 1.22 bits per heavy atom. The molecule has 0 atom stereocenters. The lowest BCUT2D eigenvalue weighted by atomic mass is 10.1. The number of aryl methyl sites for hydroxylation is 1. The van der Waals surface area contributed by atoms with E-state index in [2.05, 4.69) is 46.8 Å². The van der Waals surface area contributed by atoms with Gasteiger partial charge in [-0.1, -0.05) is 29.8 Å². The van der Waals surface area contributed by atoms with E-state index in [1.807, 2.05) is 7.05 Å². The van der Waals surface area contributed by atoms with Crippen molar-refractivity contribution in [3.63, 3.8) is 0 Å². The van der Waals surface area contributed by atoms with E-state index in [4.69, 9.17) is 0 Å². The fourth-order valence-electron chi connectivity index (χ4n) is 1.86. The predicted octanol–water partition coefficient (Wildman–Crippen LogP) is 2.11. The van der Waals surface area contributed by atoms with Gasteiger partial charge in [-0.3, -0.25) is 4.99 Å². The molecule has 0 amide bonds. The van der Waals surface area contributed by atoms with Gasteiger partial charge in [0.05, 0.1) is 0 Å². The minimum Gasteiger partial charge on any atom is -0.356 e. The molecule has 0 heterocycles. The van der Waals surface area contributed by atoms with Crippen molar-refractivity contribution in [2.24, 2.45) is 10.9 Å². The summed E-state index contributed by atoms with van der Waals surface area (Å²) in [6.45, 7) is 4.10. The number of hydrogen-bond donors (Lipinski definition) is 2. The van der Waals surface area contributed by atoms with E-state index >= 15 is 0 Å². The lowest BCUT2D eigenvalue weighted by molar-refractivity contribution is 0.734. The Morgan fingerprint density at radius 3 is 2.56 bits per heavy atom. The Bertz CT molecular complexity index is 391. The van der Waals surface area contributed by atoms with Crippen LogP contribution >= 0.6 is 0 Å². The summed E-state index contributed by atoms with van der Waals surface area (Å²) < 4.78 is 0. The first-order valence-corrected chi connectivity index (χ1v) is 6.78. The first-order chi connectivity index (χ1) is 8.78. The summed E-state index contributed by atoms with van der Waals surface area (Å²) >= 11 is 0. The van der Waals surface area contributed by atoms with E-state index in [-0.39, 0.29) is 0 Å². The summed E-state index contributed by atoms with van der Waals surface area (Å²) in [4.78, 5) is 4.23. The first-order valence-electron chi connectivity index (χ1n) is 6.78. The molecule has 0 saturated heterocycles. The topological polar surface area (TPSA) is 36.4 Å². The average Bonchev–Trinajstić information content (AvgIpc) is 3.20. The highest BCUT2D eigenvalue weighted by molar-refractivity contribution is 5.79. The highest BCUT2D eigenvalue weighted by Crippen LogP contribution is 2.27. The first kappa shape index (κ1) is 12.9. The van der Waals surface area contributed by atoms with Gasteiger partial charge >= 0.3 is 0 Å². The normalized spacial score (nSPS) is 15.6. The maximum atomic E-state index is 4.23. The van der Waals surface area contributed by atoms with Gasteiger partial charge in [0.1, 0.15) is 0 Å². The van der Waals surface area contributed by atoms with Gasteiger partial charge < -0.3 is 10.6 Å². The summed E-state index contributed by atoms with van der Waals surface area (Å²) in [7, 11) is 1.83. The smallest absolute Gasteiger partial charge is 0.190 e. The molecule has 3 heteroatoms. The van der Waals surface area contributed by atoms with Crippen molar-refractivity contribution in [1.82, 2.24) is 10.6 Å². The third-order valence-electron chi connectivity index (χ3n) is 3.31.